The molecule has 0 aromatic rings. The third-order valence-corrected chi connectivity index (χ3v) is 2.86. The van der Waals surface area contributed by atoms with Gasteiger partial charge >= 0.3 is 0 Å². The molecule has 0 bridgehead atoms. The first-order valence-electron chi connectivity index (χ1n) is 5.16. The van der Waals surface area contributed by atoms with E-state index >= 15 is 0 Å². The Hall–Kier alpha value is -1.05. The molecule has 2 heteroatoms. The number of rotatable bonds is 2. The lowest BCUT2D eigenvalue weighted by molar-refractivity contribution is 0.319. The monoisotopic (exact) mass is 193 g/mol. The van der Waals surface area contributed by atoms with Gasteiger partial charge in [0.25, 0.3) is 0 Å². The van der Waals surface area contributed by atoms with Gasteiger partial charge in [-0.25, -0.2) is 0 Å². The summed E-state index contributed by atoms with van der Waals surface area (Å²) in [7, 11) is 0. The van der Waals surface area contributed by atoms with Crippen molar-refractivity contribution >= 4 is 5.71 Å². The van der Waals surface area contributed by atoms with Gasteiger partial charge in [-0.1, -0.05) is 29.8 Å². The lowest BCUT2D eigenvalue weighted by atomic mass is 9.81. The van der Waals surface area contributed by atoms with Gasteiger partial charge in [0.2, 0.25) is 0 Å². The first kappa shape index (κ1) is 11.0. The van der Waals surface area contributed by atoms with Crippen LogP contribution in [0.25, 0.3) is 0 Å². The van der Waals surface area contributed by atoms with Crippen LogP contribution in [0.1, 0.15) is 33.6 Å². The Labute approximate surface area is 86.0 Å². The Kier molecular flexibility index (Phi) is 3.93. The van der Waals surface area contributed by atoms with Gasteiger partial charge in [0, 0.05) is 0 Å². The van der Waals surface area contributed by atoms with Crippen LogP contribution in [-0.4, -0.2) is 10.9 Å². The van der Waals surface area contributed by atoms with E-state index in [4.69, 9.17) is 5.21 Å². The molecule has 0 aromatic heterocycles. The van der Waals surface area contributed by atoms with Crippen LogP contribution < -0.4 is 0 Å². The van der Waals surface area contributed by atoms with E-state index < -0.39 is 0 Å². The molecule has 2 unspecified atom stereocenters. The second kappa shape index (κ2) is 4.99. The molecule has 1 rings (SSSR count). The van der Waals surface area contributed by atoms with E-state index in [0.29, 0.717) is 17.5 Å². The molecule has 0 aliphatic heterocycles. The van der Waals surface area contributed by atoms with Crippen molar-refractivity contribution < 1.29 is 5.21 Å². The molecule has 0 heterocycles. The Morgan fingerprint density at radius 1 is 1.64 bits per heavy atom. The molecule has 0 fully saturated rings. The first-order valence-corrected chi connectivity index (χ1v) is 5.16. The molecule has 2 atom stereocenters. The Bertz CT molecular complexity index is 276. The summed E-state index contributed by atoms with van der Waals surface area (Å²) < 4.78 is 0. The number of nitrogens with zero attached hydrogens (tertiary/aromatic N) is 1. The minimum Gasteiger partial charge on any atom is -0.411 e. The lowest BCUT2D eigenvalue weighted by Crippen LogP contribution is -2.13. The average molecular weight is 193 g/mol. The van der Waals surface area contributed by atoms with Crippen LogP contribution in [0.4, 0.5) is 0 Å². The molecule has 1 N–H and O–H groups in total. The third kappa shape index (κ3) is 3.02. The molecule has 0 saturated heterocycles. The van der Waals surface area contributed by atoms with Crippen LogP contribution in [0.5, 0.6) is 0 Å². The third-order valence-electron chi connectivity index (χ3n) is 2.86. The van der Waals surface area contributed by atoms with Crippen molar-refractivity contribution in [2.45, 2.75) is 33.6 Å². The molecule has 0 spiro atoms. The zero-order valence-corrected chi connectivity index (χ0v) is 9.20. The topological polar surface area (TPSA) is 32.6 Å². The summed E-state index contributed by atoms with van der Waals surface area (Å²) in [6.07, 6.45) is 8.66. The molecule has 0 saturated carbocycles. The zero-order valence-electron chi connectivity index (χ0n) is 9.20. The van der Waals surface area contributed by atoms with Gasteiger partial charge in [0.1, 0.15) is 0 Å². The Morgan fingerprint density at radius 3 is 2.93 bits per heavy atom. The number of oxime groups is 1. The molecule has 0 amide bonds. The van der Waals surface area contributed by atoms with Crippen molar-refractivity contribution in [3.8, 4) is 0 Å². The van der Waals surface area contributed by atoms with Gasteiger partial charge in [-0.2, -0.15) is 0 Å². The summed E-state index contributed by atoms with van der Waals surface area (Å²) in [6.45, 7) is 6.26. The molecular weight excluding hydrogens is 174 g/mol. The van der Waals surface area contributed by atoms with Crippen molar-refractivity contribution in [3.05, 3.63) is 23.8 Å². The second-order valence-electron chi connectivity index (χ2n) is 4.23. The van der Waals surface area contributed by atoms with Gasteiger partial charge in [-0.3, -0.25) is 0 Å². The summed E-state index contributed by atoms with van der Waals surface area (Å²) in [6, 6.07) is 0. The van der Waals surface area contributed by atoms with Gasteiger partial charge in [-0.05, 0) is 44.6 Å². The van der Waals surface area contributed by atoms with Gasteiger partial charge < -0.3 is 5.21 Å². The highest BCUT2D eigenvalue weighted by Gasteiger charge is 2.17. The fraction of sp³-hybridized carbons (Fsp3) is 0.583. The number of hydrogen-bond donors (Lipinski definition) is 1. The molecule has 1 aliphatic rings. The van der Waals surface area contributed by atoms with Gasteiger partial charge in [0.15, 0.2) is 0 Å². The van der Waals surface area contributed by atoms with Crippen molar-refractivity contribution in [2.75, 3.05) is 0 Å². The van der Waals surface area contributed by atoms with E-state index in [9.17, 15) is 0 Å². The maximum Gasteiger partial charge on any atom is 0.0761 e. The molecule has 14 heavy (non-hydrogen) atoms. The van der Waals surface area contributed by atoms with E-state index in [1.54, 1.807) is 6.92 Å². The number of allylic oxidation sites excluding steroid dienone is 4. The molecule has 0 aromatic carbocycles. The number of hydrogen-bond acceptors (Lipinski definition) is 2. The van der Waals surface area contributed by atoms with Crippen molar-refractivity contribution in [1.29, 1.82) is 0 Å². The maximum atomic E-state index is 8.50. The van der Waals surface area contributed by atoms with Crippen LogP contribution in [0, 0.1) is 11.8 Å². The maximum absolute atomic E-state index is 8.50. The summed E-state index contributed by atoms with van der Waals surface area (Å²) in [5, 5.41) is 11.6. The summed E-state index contributed by atoms with van der Waals surface area (Å²) in [5.74, 6) is 1.29. The Balaban J connectivity index is 2.58. The molecule has 1 aliphatic carbocycles. The second-order valence-corrected chi connectivity index (χ2v) is 4.23. The predicted molar refractivity (Wildman–Crippen MR) is 59.7 cm³/mol. The van der Waals surface area contributed by atoms with Crippen LogP contribution >= 0.6 is 0 Å². The van der Waals surface area contributed by atoms with E-state index in [1.165, 1.54) is 12.0 Å². The molecule has 2 nitrogen and oxygen atoms in total. The Morgan fingerprint density at radius 2 is 2.36 bits per heavy atom. The van der Waals surface area contributed by atoms with E-state index in [-0.39, 0.29) is 0 Å². The smallest absolute Gasteiger partial charge is 0.0761 e. The fourth-order valence-electron chi connectivity index (χ4n) is 1.88. The average Bonchev–Trinajstić information content (AvgIpc) is 2.16. The highest BCUT2D eigenvalue weighted by molar-refractivity contribution is 5.92. The van der Waals surface area contributed by atoms with Crippen LogP contribution in [0.2, 0.25) is 0 Å². The van der Waals surface area contributed by atoms with Crippen molar-refractivity contribution in [1.82, 2.24) is 0 Å². The molecule has 78 valence electrons. The van der Waals surface area contributed by atoms with Gasteiger partial charge in [0.05, 0.1) is 5.71 Å². The minimum absolute atomic E-state index is 0.593. The molecule has 0 radical (unpaired) electrons. The quantitative estimate of drug-likeness (QED) is 0.310. The van der Waals surface area contributed by atoms with E-state index in [0.717, 1.165) is 6.42 Å². The van der Waals surface area contributed by atoms with Crippen LogP contribution in [0.3, 0.4) is 0 Å². The first-order chi connectivity index (χ1) is 6.63. The summed E-state index contributed by atoms with van der Waals surface area (Å²) in [4.78, 5) is 0. The predicted octanol–water partition coefficient (Wildman–Crippen LogP) is 3.39. The van der Waals surface area contributed by atoms with Gasteiger partial charge in [-0.15, -0.1) is 0 Å². The lowest BCUT2D eigenvalue weighted by Gasteiger charge is -2.24. The standard InChI is InChI=1S/C12H19NO/c1-9-4-6-12(10(2)8-9)7-5-11(3)13-14/h4-5,7,10,12,14H,6,8H2,1-3H3. The highest BCUT2D eigenvalue weighted by atomic mass is 16.4. The van der Waals surface area contributed by atoms with Crippen LogP contribution in [-0.2, 0) is 0 Å². The highest BCUT2D eigenvalue weighted by Crippen LogP contribution is 2.29. The van der Waals surface area contributed by atoms with Crippen molar-refractivity contribution in [3.63, 3.8) is 0 Å². The van der Waals surface area contributed by atoms with E-state index in [2.05, 4.69) is 31.2 Å². The zero-order chi connectivity index (χ0) is 10.6. The largest absolute Gasteiger partial charge is 0.411 e. The van der Waals surface area contributed by atoms with Crippen LogP contribution in [0.15, 0.2) is 29.0 Å². The minimum atomic E-state index is 0.593. The normalized spacial score (nSPS) is 29.4. The SMILES string of the molecule is CC1=CCC(C=CC(C)=NO)C(C)C1. The van der Waals surface area contributed by atoms with E-state index in [1.807, 2.05) is 6.08 Å². The summed E-state index contributed by atoms with van der Waals surface area (Å²) >= 11 is 0. The fourth-order valence-corrected chi connectivity index (χ4v) is 1.88. The van der Waals surface area contributed by atoms with Crippen molar-refractivity contribution in [2.24, 2.45) is 17.0 Å². The summed E-state index contributed by atoms with van der Waals surface area (Å²) in [5.41, 5.74) is 2.16. The molecular formula is C12H19NO.